The highest BCUT2D eigenvalue weighted by molar-refractivity contribution is 5.88. The molecule has 0 aromatic heterocycles. The van der Waals surface area contributed by atoms with Crippen molar-refractivity contribution in [1.29, 1.82) is 0 Å². The van der Waals surface area contributed by atoms with Crippen molar-refractivity contribution in [2.45, 2.75) is 13.1 Å². The second-order valence-electron chi connectivity index (χ2n) is 2.63. The smallest absolute Gasteiger partial charge is 0.422 e. The van der Waals surface area contributed by atoms with Crippen LogP contribution in [0, 0.1) is 0 Å². The zero-order chi connectivity index (χ0) is 12.1. The van der Waals surface area contributed by atoms with Crippen molar-refractivity contribution in [3.05, 3.63) is 12.2 Å². The molecule has 0 saturated heterocycles. The van der Waals surface area contributed by atoms with E-state index in [-0.39, 0.29) is 5.57 Å². The second kappa shape index (κ2) is 5.38. The molecule has 0 aromatic carbocycles. The van der Waals surface area contributed by atoms with Crippen molar-refractivity contribution in [2.24, 2.45) is 0 Å². The van der Waals surface area contributed by atoms with Crippen LogP contribution in [0.1, 0.15) is 6.92 Å². The van der Waals surface area contributed by atoms with Gasteiger partial charge in [-0.25, -0.2) is 9.59 Å². The van der Waals surface area contributed by atoms with E-state index in [9.17, 15) is 22.8 Å². The second-order valence-corrected chi connectivity index (χ2v) is 2.63. The highest BCUT2D eigenvalue weighted by Gasteiger charge is 2.29. The van der Waals surface area contributed by atoms with Gasteiger partial charge in [0.2, 0.25) is 0 Å². The van der Waals surface area contributed by atoms with Gasteiger partial charge in [-0.05, 0) is 6.92 Å². The van der Waals surface area contributed by atoms with E-state index in [2.05, 4.69) is 16.1 Å². The van der Waals surface area contributed by atoms with E-state index in [4.69, 9.17) is 0 Å². The Labute approximate surface area is 83.7 Å². The number of halogens is 3. The van der Waals surface area contributed by atoms with Gasteiger partial charge < -0.3 is 9.47 Å². The zero-order valence-electron chi connectivity index (χ0n) is 7.89. The fraction of sp³-hybridized carbons (Fsp3) is 0.500. The van der Waals surface area contributed by atoms with Crippen molar-refractivity contribution in [2.75, 3.05) is 13.2 Å². The summed E-state index contributed by atoms with van der Waals surface area (Å²) < 4.78 is 42.6. The molecule has 86 valence electrons. The molecule has 0 aliphatic heterocycles. The average Bonchev–Trinajstić information content (AvgIpc) is 2.09. The molecule has 0 atom stereocenters. The largest absolute Gasteiger partial charge is 0.454 e. The van der Waals surface area contributed by atoms with Gasteiger partial charge in [0.1, 0.15) is 0 Å². The standard InChI is InChI=1S/C8H9F3O4/c1-5(2)7(13)14-3-6(12)15-4-8(9,10)11/h1,3-4H2,2H3. The van der Waals surface area contributed by atoms with Crippen LogP contribution < -0.4 is 0 Å². The summed E-state index contributed by atoms with van der Waals surface area (Å²) in [7, 11) is 0. The Balaban J connectivity index is 3.77. The van der Waals surface area contributed by atoms with Gasteiger partial charge in [-0.1, -0.05) is 6.58 Å². The maximum Gasteiger partial charge on any atom is 0.422 e. The molecule has 0 aromatic rings. The Morgan fingerprint density at radius 2 is 1.80 bits per heavy atom. The lowest BCUT2D eigenvalue weighted by molar-refractivity contribution is -0.189. The molecule has 0 unspecified atom stereocenters. The van der Waals surface area contributed by atoms with Gasteiger partial charge in [-0.15, -0.1) is 0 Å². The maximum absolute atomic E-state index is 11.5. The first-order valence-corrected chi connectivity index (χ1v) is 3.77. The van der Waals surface area contributed by atoms with Gasteiger partial charge in [-0.3, -0.25) is 0 Å². The van der Waals surface area contributed by atoms with E-state index in [0.29, 0.717) is 0 Å². The first kappa shape index (κ1) is 13.5. The average molecular weight is 226 g/mol. The number of hydrogen-bond donors (Lipinski definition) is 0. The van der Waals surface area contributed by atoms with Gasteiger partial charge in [0.25, 0.3) is 0 Å². The van der Waals surface area contributed by atoms with Crippen LogP contribution in [-0.2, 0) is 19.1 Å². The van der Waals surface area contributed by atoms with Crippen molar-refractivity contribution in [3.8, 4) is 0 Å². The van der Waals surface area contributed by atoms with Gasteiger partial charge in [0, 0.05) is 5.57 Å². The third kappa shape index (κ3) is 7.53. The summed E-state index contributed by atoms with van der Waals surface area (Å²) in [6.07, 6.45) is -4.59. The molecule has 0 spiro atoms. The number of ether oxygens (including phenoxy) is 2. The van der Waals surface area contributed by atoms with Crippen molar-refractivity contribution in [3.63, 3.8) is 0 Å². The topological polar surface area (TPSA) is 52.6 Å². The number of esters is 2. The molecule has 15 heavy (non-hydrogen) atoms. The van der Waals surface area contributed by atoms with Gasteiger partial charge in [0.15, 0.2) is 13.2 Å². The monoisotopic (exact) mass is 226 g/mol. The van der Waals surface area contributed by atoms with Crippen molar-refractivity contribution >= 4 is 11.9 Å². The molecule has 0 amide bonds. The molecule has 0 fully saturated rings. The Kier molecular flexibility index (Phi) is 4.83. The van der Waals surface area contributed by atoms with E-state index in [0.717, 1.165) is 0 Å². The first-order valence-electron chi connectivity index (χ1n) is 3.77. The highest BCUT2D eigenvalue weighted by Crippen LogP contribution is 2.14. The lowest BCUT2D eigenvalue weighted by atomic mass is 10.4. The normalized spacial score (nSPS) is 10.7. The van der Waals surface area contributed by atoms with E-state index in [1.165, 1.54) is 6.92 Å². The molecular weight excluding hydrogens is 217 g/mol. The third-order valence-electron chi connectivity index (χ3n) is 1.07. The summed E-state index contributed by atoms with van der Waals surface area (Å²) >= 11 is 0. The summed E-state index contributed by atoms with van der Waals surface area (Å²) in [5.74, 6) is -2.12. The lowest BCUT2D eigenvalue weighted by Gasteiger charge is -2.07. The number of rotatable bonds is 4. The van der Waals surface area contributed by atoms with E-state index in [1.54, 1.807) is 0 Å². The van der Waals surface area contributed by atoms with Crippen LogP contribution >= 0.6 is 0 Å². The Bertz CT molecular complexity index is 270. The number of alkyl halides is 3. The molecule has 0 saturated carbocycles. The summed E-state index contributed by atoms with van der Waals surface area (Å²) in [5, 5.41) is 0. The quantitative estimate of drug-likeness (QED) is 0.534. The molecule has 0 rings (SSSR count). The SMILES string of the molecule is C=C(C)C(=O)OCC(=O)OCC(F)(F)F. The molecule has 0 radical (unpaired) electrons. The van der Waals surface area contributed by atoms with Crippen LogP contribution in [0.15, 0.2) is 12.2 Å². The maximum atomic E-state index is 11.5. The molecule has 0 N–H and O–H groups in total. The first-order chi connectivity index (χ1) is 6.72. The van der Waals surface area contributed by atoms with Crippen LogP contribution in [0.5, 0.6) is 0 Å². The van der Waals surface area contributed by atoms with Gasteiger partial charge >= 0.3 is 18.1 Å². The van der Waals surface area contributed by atoms with Crippen LogP contribution in [0.4, 0.5) is 13.2 Å². The van der Waals surface area contributed by atoms with Gasteiger partial charge in [0.05, 0.1) is 0 Å². The fourth-order valence-corrected chi connectivity index (χ4v) is 0.452. The summed E-state index contributed by atoms with van der Waals surface area (Å²) in [5.41, 5.74) is 0.0404. The number of hydrogen-bond acceptors (Lipinski definition) is 4. The number of carbonyl (C=O) groups excluding carboxylic acids is 2. The van der Waals surface area contributed by atoms with Gasteiger partial charge in [-0.2, -0.15) is 13.2 Å². The van der Waals surface area contributed by atoms with Crippen LogP contribution in [0.2, 0.25) is 0 Å². The zero-order valence-corrected chi connectivity index (χ0v) is 7.89. The minimum atomic E-state index is -4.59. The number of carbonyl (C=O) groups is 2. The third-order valence-corrected chi connectivity index (χ3v) is 1.07. The predicted octanol–water partition coefficient (Wildman–Crippen LogP) is 1.21. The van der Waals surface area contributed by atoms with Crippen molar-refractivity contribution < 1.29 is 32.2 Å². The van der Waals surface area contributed by atoms with Crippen LogP contribution in [0.25, 0.3) is 0 Å². The molecule has 0 aliphatic carbocycles. The van der Waals surface area contributed by atoms with E-state index < -0.39 is 31.3 Å². The van der Waals surface area contributed by atoms with E-state index in [1.807, 2.05) is 0 Å². The minimum absolute atomic E-state index is 0.0404. The Morgan fingerprint density at radius 1 is 1.27 bits per heavy atom. The summed E-state index contributed by atoms with van der Waals surface area (Å²) in [6, 6.07) is 0. The van der Waals surface area contributed by atoms with Crippen LogP contribution in [0.3, 0.4) is 0 Å². The molecule has 0 heterocycles. The minimum Gasteiger partial charge on any atom is -0.454 e. The van der Waals surface area contributed by atoms with Crippen LogP contribution in [-0.4, -0.2) is 31.3 Å². The van der Waals surface area contributed by atoms with Crippen molar-refractivity contribution in [1.82, 2.24) is 0 Å². The molecule has 0 aliphatic rings. The van der Waals surface area contributed by atoms with E-state index >= 15 is 0 Å². The predicted molar refractivity (Wildman–Crippen MR) is 42.8 cm³/mol. The Hall–Kier alpha value is -1.53. The summed E-state index contributed by atoms with van der Waals surface area (Å²) in [4.78, 5) is 21.3. The molecule has 0 bridgehead atoms. The molecule has 7 heteroatoms. The fourth-order valence-electron chi connectivity index (χ4n) is 0.452. The highest BCUT2D eigenvalue weighted by atomic mass is 19.4. The molecular formula is C8H9F3O4. The lowest BCUT2D eigenvalue weighted by Crippen LogP contribution is -2.23. The summed E-state index contributed by atoms with van der Waals surface area (Å²) in [6.45, 7) is 1.99. The molecule has 4 nitrogen and oxygen atoms in total. The Morgan fingerprint density at radius 3 is 2.20 bits per heavy atom.